The minimum atomic E-state index is -4.42. The van der Waals surface area contributed by atoms with Gasteiger partial charge in [0.25, 0.3) is 10.1 Å². The number of rotatable bonds is 2. The van der Waals surface area contributed by atoms with Crippen molar-refractivity contribution < 1.29 is 18.1 Å². The molecule has 6 heteroatoms. The third-order valence-corrected chi connectivity index (χ3v) is 4.42. The van der Waals surface area contributed by atoms with E-state index in [-0.39, 0.29) is 10.3 Å². The van der Waals surface area contributed by atoms with Gasteiger partial charge in [0, 0.05) is 4.88 Å². The lowest BCUT2D eigenvalue weighted by Gasteiger charge is -2.15. The van der Waals surface area contributed by atoms with Gasteiger partial charge in [-0.25, -0.2) is 0 Å². The minimum Gasteiger partial charge on any atom is -0.371 e. The Morgan fingerprint density at radius 1 is 1.33 bits per heavy atom. The van der Waals surface area contributed by atoms with Gasteiger partial charge in [0.15, 0.2) is 0 Å². The van der Waals surface area contributed by atoms with Gasteiger partial charge in [0.05, 0.1) is 4.88 Å². The zero-order valence-corrected chi connectivity index (χ0v) is 10.4. The summed E-state index contributed by atoms with van der Waals surface area (Å²) in [7, 11) is -4.42. The fourth-order valence-electron chi connectivity index (χ4n) is 1.04. The Hall–Kier alpha value is -0.430. The fraction of sp³-hybridized carbons (Fsp3) is 0.556. The van der Waals surface area contributed by atoms with Crippen LogP contribution in [-0.4, -0.2) is 18.1 Å². The summed E-state index contributed by atoms with van der Waals surface area (Å²) < 4.78 is 30.1. The minimum absolute atomic E-state index is 0.0954. The van der Waals surface area contributed by atoms with Crippen LogP contribution in [0.25, 0.3) is 0 Å². The smallest absolute Gasteiger partial charge is 0.297 e. The van der Waals surface area contributed by atoms with Crippen molar-refractivity contribution >= 4 is 21.5 Å². The lowest BCUT2D eigenvalue weighted by molar-refractivity contribution is 0.242. The Balaban J connectivity index is 3.06. The normalized spacial score (nSPS) is 15.3. The first-order valence-electron chi connectivity index (χ1n) is 4.37. The summed E-state index contributed by atoms with van der Waals surface area (Å²) in [4.78, 5) is 1.20. The third kappa shape index (κ3) is 3.01. The molecule has 0 saturated carbocycles. The van der Waals surface area contributed by atoms with E-state index in [0.717, 1.165) is 4.88 Å². The van der Waals surface area contributed by atoms with E-state index in [1.165, 1.54) is 17.4 Å². The topological polar surface area (TPSA) is 74.6 Å². The number of hydrogen-bond donors (Lipinski definition) is 2. The molecule has 2 N–H and O–H groups in total. The van der Waals surface area contributed by atoms with E-state index in [1.807, 2.05) is 20.8 Å². The van der Waals surface area contributed by atoms with Gasteiger partial charge < -0.3 is 5.11 Å². The Bertz CT molecular complexity index is 439. The van der Waals surface area contributed by atoms with Crippen molar-refractivity contribution in [2.45, 2.75) is 31.6 Å². The highest BCUT2D eigenvalue weighted by Gasteiger charge is 2.25. The van der Waals surface area contributed by atoms with Crippen LogP contribution in [0.2, 0.25) is 0 Å². The maximum Gasteiger partial charge on any atom is 0.297 e. The van der Waals surface area contributed by atoms with Crippen LogP contribution in [0.5, 0.6) is 0 Å². The monoisotopic (exact) mass is 250 g/mol. The molecule has 1 aromatic rings. The fourth-order valence-corrected chi connectivity index (χ4v) is 2.85. The zero-order valence-electron chi connectivity index (χ0n) is 8.76. The maximum absolute atomic E-state index is 10.7. The second-order valence-corrected chi connectivity index (χ2v) is 6.91. The highest BCUT2D eigenvalue weighted by Crippen LogP contribution is 2.33. The first kappa shape index (κ1) is 12.6. The molecule has 0 radical (unpaired) electrons. The Morgan fingerprint density at radius 3 is 2.20 bits per heavy atom. The zero-order chi connectivity index (χ0) is 11.9. The lowest BCUT2D eigenvalue weighted by atomic mass is 9.95. The van der Waals surface area contributed by atoms with E-state index < -0.39 is 15.6 Å². The van der Waals surface area contributed by atoms with E-state index in [1.54, 1.807) is 6.07 Å². The molecular formula is C9H14O4S2. The number of thiophene rings is 1. The van der Waals surface area contributed by atoms with Crippen LogP contribution in [0.15, 0.2) is 12.1 Å². The van der Waals surface area contributed by atoms with Gasteiger partial charge in [-0.2, -0.15) is 8.42 Å². The molecular weight excluding hydrogens is 236 g/mol. The van der Waals surface area contributed by atoms with E-state index in [4.69, 9.17) is 4.55 Å². The largest absolute Gasteiger partial charge is 0.371 e. The summed E-state index contributed by atoms with van der Waals surface area (Å²) in [5.41, 5.74) is -1.93. The highest BCUT2D eigenvalue weighted by molar-refractivity contribution is 7.86. The first-order valence-corrected chi connectivity index (χ1v) is 6.69. The number of aliphatic hydroxyl groups is 1. The van der Waals surface area contributed by atoms with Crippen molar-refractivity contribution in [1.29, 1.82) is 0 Å². The number of hydrogen-bond acceptors (Lipinski definition) is 4. The average Bonchev–Trinajstić information content (AvgIpc) is 2.47. The molecule has 0 fully saturated rings. The van der Waals surface area contributed by atoms with E-state index >= 15 is 0 Å². The molecule has 0 amide bonds. The molecule has 0 bridgehead atoms. The predicted octanol–water partition coefficient (Wildman–Crippen LogP) is 1.92. The van der Waals surface area contributed by atoms with E-state index in [0.29, 0.717) is 0 Å². The van der Waals surface area contributed by atoms with Gasteiger partial charge in [-0.05, 0) is 17.5 Å². The quantitative estimate of drug-likeness (QED) is 0.786. The Kier molecular flexibility index (Phi) is 3.25. The molecule has 1 atom stereocenters. The van der Waals surface area contributed by atoms with Gasteiger partial charge in [0.1, 0.15) is 0 Å². The lowest BCUT2D eigenvalue weighted by Crippen LogP contribution is -2.10. The van der Waals surface area contributed by atoms with Crippen molar-refractivity contribution in [3.63, 3.8) is 0 Å². The molecule has 15 heavy (non-hydrogen) atoms. The molecule has 0 spiro atoms. The average molecular weight is 250 g/mol. The van der Waals surface area contributed by atoms with Crippen LogP contribution >= 0.6 is 11.3 Å². The molecule has 4 nitrogen and oxygen atoms in total. The Labute approximate surface area is 93.3 Å². The van der Waals surface area contributed by atoms with Crippen LogP contribution in [0.3, 0.4) is 0 Å². The molecule has 1 heterocycles. The molecule has 0 aliphatic carbocycles. The number of aliphatic hydroxyl groups excluding tert-OH is 1. The van der Waals surface area contributed by atoms with Crippen molar-refractivity contribution in [3.05, 3.63) is 21.9 Å². The van der Waals surface area contributed by atoms with Crippen molar-refractivity contribution in [3.8, 4) is 0 Å². The van der Waals surface area contributed by atoms with Gasteiger partial charge >= 0.3 is 0 Å². The van der Waals surface area contributed by atoms with Crippen LogP contribution < -0.4 is 0 Å². The predicted molar refractivity (Wildman–Crippen MR) is 59.5 cm³/mol. The van der Waals surface area contributed by atoms with Gasteiger partial charge in [0.2, 0.25) is 5.44 Å². The van der Waals surface area contributed by atoms with Crippen LogP contribution in [0.4, 0.5) is 0 Å². The standard InChI is InChI=1S/C9H14O4S2/c1-9(2,3)7-5-4-6(14-7)8(10)15(11,12)13/h4-5,8,10H,1-3H3,(H,11,12,13). The summed E-state index contributed by atoms with van der Waals surface area (Å²) in [5.74, 6) is 0. The maximum atomic E-state index is 10.7. The van der Waals surface area contributed by atoms with Gasteiger partial charge in [-0.1, -0.05) is 20.8 Å². The van der Waals surface area contributed by atoms with Crippen LogP contribution in [-0.2, 0) is 15.5 Å². The van der Waals surface area contributed by atoms with Crippen LogP contribution in [0, 0.1) is 0 Å². The van der Waals surface area contributed by atoms with Gasteiger partial charge in [-0.15, -0.1) is 11.3 Å². The SMILES string of the molecule is CC(C)(C)c1ccc(C(O)S(=O)(=O)O)s1. The molecule has 1 rings (SSSR count). The second-order valence-electron chi connectivity index (χ2n) is 4.32. The molecule has 0 aliphatic rings. The summed E-state index contributed by atoms with van der Waals surface area (Å²) in [6.07, 6.45) is 0. The molecule has 0 aliphatic heterocycles. The molecule has 86 valence electrons. The molecule has 1 unspecified atom stereocenters. The summed E-state index contributed by atoms with van der Waals surface area (Å²) in [6, 6.07) is 3.28. The first-order chi connectivity index (χ1) is 6.62. The summed E-state index contributed by atoms with van der Waals surface area (Å²) >= 11 is 1.19. The van der Waals surface area contributed by atoms with Crippen molar-refractivity contribution in [2.24, 2.45) is 0 Å². The summed E-state index contributed by atoms with van der Waals surface area (Å²) in [5, 5.41) is 9.31. The van der Waals surface area contributed by atoms with E-state index in [2.05, 4.69) is 0 Å². The molecule has 1 aromatic heterocycles. The third-order valence-electron chi connectivity index (χ3n) is 1.89. The Morgan fingerprint density at radius 2 is 1.87 bits per heavy atom. The molecule has 0 aromatic carbocycles. The van der Waals surface area contributed by atoms with Crippen molar-refractivity contribution in [1.82, 2.24) is 0 Å². The van der Waals surface area contributed by atoms with Gasteiger partial charge in [-0.3, -0.25) is 4.55 Å². The molecule has 0 saturated heterocycles. The highest BCUT2D eigenvalue weighted by atomic mass is 32.2. The second kappa shape index (κ2) is 3.86. The van der Waals surface area contributed by atoms with E-state index in [9.17, 15) is 13.5 Å². The van der Waals surface area contributed by atoms with Crippen LogP contribution in [0.1, 0.15) is 36.0 Å². The van der Waals surface area contributed by atoms with Crippen molar-refractivity contribution in [2.75, 3.05) is 0 Å². The summed E-state index contributed by atoms with van der Waals surface area (Å²) in [6.45, 7) is 5.97.